The maximum absolute atomic E-state index is 13.0. The molecule has 0 radical (unpaired) electrons. The smallest absolute Gasteiger partial charge is 0.267 e. The molecule has 7 heteroatoms. The van der Waals surface area contributed by atoms with Crippen molar-refractivity contribution < 1.29 is 19.5 Å². The summed E-state index contributed by atoms with van der Waals surface area (Å²) < 4.78 is 6.38. The number of para-hydroxylation sites is 1. The molecule has 1 amide bonds. The zero-order valence-electron chi connectivity index (χ0n) is 18.2. The zero-order chi connectivity index (χ0) is 22.8. The molecule has 2 aliphatic heterocycles. The van der Waals surface area contributed by atoms with Crippen LogP contribution in [0.5, 0.6) is 5.75 Å². The highest BCUT2D eigenvalue weighted by atomic mass is 16.5. The molecule has 1 fully saturated rings. The highest BCUT2D eigenvalue weighted by Gasteiger charge is 2.42. The molecule has 0 saturated carbocycles. The Kier molecular flexibility index (Phi) is 5.66. The van der Waals surface area contributed by atoms with Crippen molar-refractivity contribution >= 4 is 28.7 Å². The van der Waals surface area contributed by atoms with Crippen LogP contribution in [0.4, 0.5) is 0 Å². The summed E-state index contributed by atoms with van der Waals surface area (Å²) in [7, 11) is 0. The third-order valence-electron chi connectivity index (χ3n) is 6.46. The number of amides is 1. The first-order chi connectivity index (χ1) is 16.0. The Labute approximate surface area is 191 Å². The van der Waals surface area contributed by atoms with E-state index in [0.717, 1.165) is 49.1 Å². The molecule has 2 aliphatic rings. The average molecular weight is 444 g/mol. The van der Waals surface area contributed by atoms with Crippen molar-refractivity contribution in [2.45, 2.75) is 31.4 Å². The highest BCUT2D eigenvalue weighted by molar-refractivity contribution is 6.01. The molecule has 1 saturated heterocycles. The van der Waals surface area contributed by atoms with Crippen LogP contribution >= 0.6 is 0 Å². The van der Waals surface area contributed by atoms with Crippen molar-refractivity contribution in [3.05, 3.63) is 77.5 Å². The van der Waals surface area contributed by atoms with Gasteiger partial charge in [0.15, 0.2) is 5.78 Å². The van der Waals surface area contributed by atoms with E-state index in [4.69, 9.17) is 14.9 Å². The van der Waals surface area contributed by atoms with Crippen LogP contribution < -0.4 is 10.2 Å². The number of pyridine rings is 1. The number of benzene rings is 2. The van der Waals surface area contributed by atoms with E-state index < -0.39 is 11.5 Å². The number of ketones is 1. The third kappa shape index (κ3) is 4.51. The molecule has 0 atom stereocenters. The normalized spacial score (nSPS) is 17.8. The number of nitrogens with one attached hydrogen (secondary N) is 1. The van der Waals surface area contributed by atoms with E-state index in [1.165, 1.54) is 6.08 Å². The summed E-state index contributed by atoms with van der Waals surface area (Å²) in [6, 6.07) is 17.6. The van der Waals surface area contributed by atoms with E-state index in [0.29, 0.717) is 23.3 Å². The standard InChI is InChI=1S/C26H25N3O4/c30-23-16-26(33-24-9-5-18(15-21(23)24)6-10-25(31)28-32)11-13-29(14-12-26)17-20-8-7-19-3-1-2-4-22(19)27-20/h1-10,15,32H,11-14,16-17H2,(H,28,31). The lowest BCUT2D eigenvalue weighted by atomic mass is 9.82. The number of rotatable bonds is 4. The number of aromatic nitrogens is 1. The van der Waals surface area contributed by atoms with E-state index in [-0.39, 0.29) is 5.78 Å². The Morgan fingerprint density at radius 1 is 1.15 bits per heavy atom. The van der Waals surface area contributed by atoms with Crippen molar-refractivity contribution in [3.63, 3.8) is 0 Å². The third-order valence-corrected chi connectivity index (χ3v) is 6.46. The Morgan fingerprint density at radius 2 is 1.97 bits per heavy atom. The fraction of sp³-hybridized carbons (Fsp3) is 0.269. The molecule has 3 heterocycles. The van der Waals surface area contributed by atoms with Crippen molar-refractivity contribution in [2.24, 2.45) is 0 Å². The van der Waals surface area contributed by atoms with Crippen LogP contribution in [0.3, 0.4) is 0 Å². The first-order valence-electron chi connectivity index (χ1n) is 11.1. The van der Waals surface area contributed by atoms with Gasteiger partial charge in [0.05, 0.1) is 23.2 Å². The van der Waals surface area contributed by atoms with Crippen LogP contribution in [0.2, 0.25) is 0 Å². The van der Waals surface area contributed by atoms with Crippen LogP contribution in [0.1, 0.15) is 40.9 Å². The van der Waals surface area contributed by atoms with Crippen LogP contribution in [-0.4, -0.2) is 45.5 Å². The van der Waals surface area contributed by atoms with Gasteiger partial charge in [-0.25, -0.2) is 5.48 Å². The molecule has 1 spiro atoms. The minimum absolute atomic E-state index is 0.0581. The summed E-state index contributed by atoms with van der Waals surface area (Å²) in [6.45, 7) is 2.46. The van der Waals surface area contributed by atoms with Gasteiger partial charge in [-0.15, -0.1) is 0 Å². The van der Waals surface area contributed by atoms with E-state index in [1.807, 2.05) is 18.2 Å². The Hall–Kier alpha value is -3.55. The van der Waals surface area contributed by atoms with Gasteiger partial charge in [-0.1, -0.05) is 30.3 Å². The number of likely N-dealkylation sites (tertiary alicyclic amines) is 1. The fourth-order valence-electron chi connectivity index (χ4n) is 4.65. The molecule has 33 heavy (non-hydrogen) atoms. The Morgan fingerprint density at radius 3 is 2.79 bits per heavy atom. The number of nitrogens with zero attached hydrogens (tertiary/aromatic N) is 2. The molecule has 168 valence electrons. The number of hydrogen-bond donors (Lipinski definition) is 2. The summed E-state index contributed by atoms with van der Waals surface area (Å²) in [5.74, 6) is 0.0299. The van der Waals surface area contributed by atoms with E-state index in [2.05, 4.69) is 23.1 Å². The van der Waals surface area contributed by atoms with Crippen molar-refractivity contribution in [3.8, 4) is 5.75 Å². The fourth-order valence-corrected chi connectivity index (χ4v) is 4.65. The van der Waals surface area contributed by atoms with Crippen molar-refractivity contribution in [1.82, 2.24) is 15.4 Å². The monoisotopic (exact) mass is 443 g/mol. The summed E-state index contributed by atoms with van der Waals surface area (Å²) in [5.41, 5.74) is 4.37. The van der Waals surface area contributed by atoms with Crippen LogP contribution in [0, 0.1) is 0 Å². The highest BCUT2D eigenvalue weighted by Crippen LogP contribution is 2.40. The van der Waals surface area contributed by atoms with Gasteiger partial charge in [0.2, 0.25) is 0 Å². The largest absolute Gasteiger partial charge is 0.486 e. The number of carbonyl (C=O) groups excluding carboxylic acids is 2. The number of hydroxylamine groups is 1. The number of hydrogen-bond acceptors (Lipinski definition) is 6. The van der Waals surface area contributed by atoms with Crippen molar-refractivity contribution in [1.29, 1.82) is 0 Å². The SMILES string of the molecule is O=C(C=Cc1ccc2c(c1)C(=O)CC1(CCN(Cc3ccc4ccccc4n3)CC1)O2)NO. The summed E-state index contributed by atoms with van der Waals surface area (Å²) in [6.07, 6.45) is 4.67. The second kappa shape index (κ2) is 8.77. The van der Waals surface area contributed by atoms with Crippen LogP contribution in [0.25, 0.3) is 17.0 Å². The molecule has 2 aromatic carbocycles. The summed E-state index contributed by atoms with van der Waals surface area (Å²) >= 11 is 0. The van der Waals surface area contributed by atoms with Crippen LogP contribution in [0.15, 0.2) is 60.7 Å². The number of Topliss-reactive ketones (excluding diaryl/α,β-unsaturated/α-hetero) is 1. The molecule has 3 aromatic rings. The zero-order valence-corrected chi connectivity index (χ0v) is 18.2. The molecular formula is C26H25N3O4. The van der Waals surface area contributed by atoms with Gasteiger partial charge in [0.25, 0.3) is 5.91 Å². The van der Waals surface area contributed by atoms with Crippen molar-refractivity contribution in [2.75, 3.05) is 13.1 Å². The molecular weight excluding hydrogens is 418 g/mol. The van der Waals surface area contributed by atoms with Gasteiger partial charge in [0, 0.05) is 43.9 Å². The molecule has 2 N–H and O–H groups in total. The predicted octanol–water partition coefficient (Wildman–Crippen LogP) is 3.75. The topological polar surface area (TPSA) is 91.8 Å². The van der Waals surface area contributed by atoms with Gasteiger partial charge in [0.1, 0.15) is 11.4 Å². The van der Waals surface area contributed by atoms with Crippen LogP contribution in [-0.2, 0) is 11.3 Å². The van der Waals surface area contributed by atoms with Gasteiger partial charge >= 0.3 is 0 Å². The molecule has 1 aromatic heterocycles. The Balaban J connectivity index is 1.25. The maximum atomic E-state index is 13.0. The predicted molar refractivity (Wildman–Crippen MR) is 124 cm³/mol. The van der Waals surface area contributed by atoms with Gasteiger partial charge in [-0.2, -0.15) is 0 Å². The lowest BCUT2D eigenvalue weighted by molar-refractivity contribution is -0.124. The molecule has 5 rings (SSSR count). The summed E-state index contributed by atoms with van der Waals surface area (Å²) in [4.78, 5) is 31.3. The van der Waals surface area contributed by atoms with Gasteiger partial charge in [-0.05, 0) is 35.9 Å². The first kappa shape index (κ1) is 21.3. The van der Waals surface area contributed by atoms with Gasteiger partial charge in [-0.3, -0.25) is 24.7 Å². The minimum Gasteiger partial charge on any atom is -0.486 e. The van der Waals surface area contributed by atoms with E-state index in [1.54, 1.807) is 29.8 Å². The maximum Gasteiger partial charge on any atom is 0.267 e. The lowest BCUT2D eigenvalue weighted by Gasteiger charge is -2.44. The molecule has 7 nitrogen and oxygen atoms in total. The number of fused-ring (bicyclic) bond motifs is 2. The van der Waals surface area contributed by atoms with E-state index in [9.17, 15) is 9.59 Å². The second-order valence-electron chi connectivity index (χ2n) is 8.72. The number of piperidine rings is 1. The number of ether oxygens (including phenoxy) is 1. The Bertz CT molecular complexity index is 1250. The molecule has 0 aliphatic carbocycles. The first-order valence-corrected chi connectivity index (χ1v) is 11.1. The quantitative estimate of drug-likeness (QED) is 0.363. The average Bonchev–Trinajstić information content (AvgIpc) is 2.84. The molecule has 0 unspecified atom stereocenters. The summed E-state index contributed by atoms with van der Waals surface area (Å²) in [5, 5.41) is 9.74. The molecule has 0 bridgehead atoms. The van der Waals surface area contributed by atoms with Gasteiger partial charge < -0.3 is 4.74 Å². The minimum atomic E-state index is -0.625. The second-order valence-corrected chi connectivity index (χ2v) is 8.72. The number of carbonyl (C=O) groups is 2. The lowest BCUT2D eigenvalue weighted by Crippen LogP contribution is -2.50. The van der Waals surface area contributed by atoms with E-state index >= 15 is 0 Å².